The Morgan fingerprint density at radius 3 is 2.96 bits per heavy atom. The Hall–Kier alpha value is -2.47. The molecule has 1 aliphatic rings. The zero-order valence-electron chi connectivity index (χ0n) is 14.0. The molecule has 0 radical (unpaired) electrons. The molecule has 2 amide bonds. The predicted molar refractivity (Wildman–Crippen MR) is 93.3 cm³/mol. The van der Waals surface area contributed by atoms with E-state index in [1.165, 1.54) is 11.8 Å². The Balaban J connectivity index is 1.56. The molecule has 0 spiro atoms. The molecule has 1 aliphatic heterocycles. The van der Waals surface area contributed by atoms with Crippen LogP contribution in [0.15, 0.2) is 41.0 Å². The minimum Gasteiger partial charge on any atom is -0.467 e. The van der Waals surface area contributed by atoms with Crippen molar-refractivity contribution >= 4 is 17.4 Å². The molecule has 2 atom stereocenters. The maximum absolute atomic E-state index is 12.2. The zero-order valence-corrected chi connectivity index (χ0v) is 14.0. The van der Waals surface area contributed by atoms with E-state index >= 15 is 0 Å². The van der Waals surface area contributed by atoms with E-state index in [4.69, 9.17) is 4.42 Å². The Bertz CT molecular complexity index is 700. The first-order valence-corrected chi connectivity index (χ1v) is 8.16. The molecule has 0 fully saturated rings. The summed E-state index contributed by atoms with van der Waals surface area (Å²) < 4.78 is 5.17. The van der Waals surface area contributed by atoms with Gasteiger partial charge in [0.25, 0.3) is 0 Å². The van der Waals surface area contributed by atoms with Gasteiger partial charge in [0.2, 0.25) is 0 Å². The van der Waals surface area contributed by atoms with Crippen LogP contribution in [0.1, 0.15) is 30.8 Å². The SMILES string of the molecule is C[C@H](C[C@H](O)c1ccco1)NC(=O)Nc1cccc2c1CCN2C. The van der Waals surface area contributed by atoms with Crippen LogP contribution in [0.5, 0.6) is 0 Å². The summed E-state index contributed by atoms with van der Waals surface area (Å²) in [5.41, 5.74) is 3.17. The number of hydrogen-bond donors (Lipinski definition) is 3. The molecular formula is C18H23N3O3. The summed E-state index contributed by atoms with van der Waals surface area (Å²) in [5.74, 6) is 0.507. The molecule has 3 N–H and O–H groups in total. The van der Waals surface area contributed by atoms with Crippen LogP contribution >= 0.6 is 0 Å². The van der Waals surface area contributed by atoms with E-state index in [0.29, 0.717) is 12.2 Å². The highest BCUT2D eigenvalue weighted by Crippen LogP contribution is 2.32. The van der Waals surface area contributed by atoms with E-state index in [2.05, 4.69) is 21.6 Å². The van der Waals surface area contributed by atoms with Crippen molar-refractivity contribution in [1.82, 2.24) is 5.32 Å². The number of anilines is 2. The average molecular weight is 329 g/mol. The normalized spacial score (nSPS) is 15.7. The number of benzene rings is 1. The van der Waals surface area contributed by atoms with Crippen LogP contribution in [0.4, 0.5) is 16.2 Å². The molecule has 6 nitrogen and oxygen atoms in total. The number of carbonyl (C=O) groups excluding carboxylic acids is 1. The number of urea groups is 1. The summed E-state index contributed by atoms with van der Waals surface area (Å²) in [5, 5.41) is 15.8. The van der Waals surface area contributed by atoms with E-state index in [0.717, 1.165) is 24.3 Å². The van der Waals surface area contributed by atoms with E-state index in [-0.39, 0.29) is 12.1 Å². The van der Waals surface area contributed by atoms with Crippen LogP contribution in [-0.4, -0.2) is 30.8 Å². The number of carbonyl (C=O) groups is 1. The van der Waals surface area contributed by atoms with Crippen molar-refractivity contribution in [3.8, 4) is 0 Å². The maximum atomic E-state index is 12.2. The fraction of sp³-hybridized carbons (Fsp3) is 0.389. The van der Waals surface area contributed by atoms with Gasteiger partial charge in [0, 0.05) is 43.0 Å². The van der Waals surface area contributed by atoms with Gasteiger partial charge in [-0.05, 0) is 37.6 Å². The third kappa shape index (κ3) is 3.54. The number of hydrogen-bond acceptors (Lipinski definition) is 4. The third-order valence-electron chi connectivity index (χ3n) is 4.33. The number of rotatable bonds is 5. The number of likely N-dealkylation sites (N-methyl/N-ethyl adjacent to an activating group) is 1. The monoisotopic (exact) mass is 329 g/mol. The van der Waals surface area contributed by atoms with Crippen molar-refractivity contribution in [3.63, 3.8) is 0 Å². The van der Waals surface area contributed by atoms with Crippen molar-refractivity contribution in [2.45, 2.75) is 31.9 Å². The number of aliphatic hydroxyl groups excluding tert-OH is 1. The topological polar surface area (TPSA) is 77.7 Å². The van der Waals surface area contributed by atoms with Gasteiger partial charge in [-0.15, -0.1) is 0 Å². The van der Waals surface area contributed by atoms with Crippen molar-refractivity contribution < 1.29 is 14.3 Å². The third-order valence-corrected chi connectivity index (χ3v) is 4.33. The molecule has 2 aromatic rings. The Morgan fingerprint density at radius 1 is 1.38 bits per heavy atom. The molecule has 0 saturated carbocycles. The molecule has 128 valence electrons. The molecule has 0 aliphatic carbocycles. The van der Waals surface area contributed by atoms with Crippen molar-refractivity contribution in [3.05, 3.63) is 47.9 Å². The first-order chi connectivity index (χ1) is 11.5. The molecule has 3 rings (SSSR count). The number of nitrogens with one attached hydrogen (secondary N) is 2. The van der Waals surface area contributed by atoms with Crippen molar-refractivity contribution in [1.29, 1.82) is 0 Å². The number of furan rings is 1. The van der Waals surface area contributed by atoms with Gasteiger partial charge in [0.05, 0.1) is 6.26 Å². The summed E-state index contributed by atoms with van der Waals surface area (Å²) >= 11 is 0. The van der Waals surface area contributed by atoms with Crippen LogP contribution in [0, 0.1) is 0 Å². The predicted octanol–water partition coefficient (Wildman–Crippen LogP) is 2.91. The fourth-order valence-electron chi connectivity index (χ4n) is 3.09. The van der Waals surface area contributed by atoms with E-state index in [1.807, 2.05) is 26.1 Å². The van der Waals surface area contributed by atoms with Gasteiger partial charge < -0.3 is 25.1 Å². The highest BCUT2D eigenvalue weighted by Gasteiger charge is 2.20. The van der Waals surface area contributed by atoms with Gasteiger partial charge in [-0.25, -0.2) is 4.79 Å². The maximum Gasteiger partial charge on any atom is 0.319 e. The van der Waals surface area contributed by atoms with Crippen molar-refractivity contribution in [2.75, 3.05) is 23.8 Å². The Labute approximate surface area is 141 Å². The highest BCUT2D eigenvalue weighted by molar-refractivity contribution is 5.91. The lowest BCUT2D eigenvalue weighted by atomic mass is 10.1. The summed E-state index contributed by atoms with van der Waals surface area (Å²) in [6.45, 7) is 2.82. The summed E-state index contributed by atoms with van der Waals surface area (Å²) in [4.78, 5) is 14.4. The summed E-state index contributed by atoms with van der Waals surface area (Å²) in [6, 6.07) is 8.92. The van der Waals surface area contributed by atoms with Crippen molar-refractivity contribution in [2.24, 2.45) is 0 Å². The zero-order chi connectivity index (χ0) is 17.1. The number of aliphatic hydroxyl groups is 1. The molecule has 1 aromatic carbocycles. The van der Waals surface area contributed by atoms with Gasteiger partial charge in [-0.3, -0.25) is 0 Å². The van der Waals surface area contributed by atoms with E-state index in [9.17, 15) is 9.90 Å². The molecule has 0 unspecified atom stereocenters. The minimum absolute atomic E-state index is 0.190. The molecule has 0 bridgehead atoms. The van der Waals surface area contributed by atoms with Gasteiger partial charge >= 0.3 is 6.03 Å². The largest absolute Gasteiger partial charge is 0.467 e. The fourth-order valence-corrected chi connectivity index (χ4v) is 3.09. The molecule has 24 heavy (non-hydrogen) atoms. The van der Waals surface area contributed by atoms with Crippen LogP contribution in [0.2, 0.25) is 0 Å². The van der Waals surface area contributed by atoms with Crippen LogP contribution in [-0.2, 0) is 6.42 Å². The highest BCUT2D eigenvalue weighted by atomic mass is 16.4. The quantitative estimate of drug-likeness (QED) is 0.788. The number of amides is 2. The Morgan fingerprint density at radius 2 is 2.21 bits per heavy atom. The summed E-state index contributed by atoms with van der Waals surface area (Å²) in [7, 11) is 2.05. The van der Waals surface area contributed by atoms with E-state index < -0.39 is 6.10 Å². The van der Waals surface area contributed by atoms with Crippen LogP contribution < -0.4 is 15.5 Å². The second-order valence-corrected chi connectivity index (χ2v) is 6.24. The lowest BCUT2D eigenvalue weighted by Gasteiger charge is -2.18. The summed E-state index contributed by atoms with van der Waals surface area (Å²) in [6.07, 6.45) is 2.10. The molecule has 2 heterocycles. The van der Waals surface area contributed by atoms with Gasteiger partial charge in [-0.1, -0.05) is 6.07 Å². The molecule has 1 aromatic heterocycles. The Kier molecular flexibility index (Phi) is 4.76. The lowest BCUT2D eigenvalue weighted by Crippen LogP contribution is -2.37. The van der Waals surface area contributed by atoms with Crippen LogP contribution in [0.25, 0.3) is 0 Å². The van der Waals surface area contributed by atoms with Crippen LogP contribution in [0.3, 0.4) is 0 Å². The molecule has 0 saturated heterocycles. The number of nitrogens with zero attached hydrogens (tertiary/aromatic N) is 1. The van der Waals surface area contributed by atoms with Gasteiger partial charge in [0.1, 0.15) is 11.9 Å². The second kappa shape index (κ2) is 6.97. The standard InChI is InChI=1S/C18H23N3O3/c1-12(11-16(22)17-7-4-10-24-17)19-18(23)20-14-5-3-6-15-13(14)8-9-21(15)2/h3-7,10,12,16,22H,8-9,11H2,1-2H3,(H2,19,20,23)/t12-,16+/m1/s1. The second-order valence-electron chi connectivity index (χ2n) is 6.24. The number of fused-ring (bicyclic) bond motifs is 1. The van der Waals surface area contributed by atoms with Gasteiger partial charge in [-0.2, -0.15) is 0 Å². The first-order valence-electron chi connectivity index (χ1n) is 8.16. The first kappa shape index (κ1) is 16.4. The molecule has 6 heteroatoms. The lowest BCUT2D eigenvalue weighted by molar-refractivity contribution is 0.130. The smallest absolute Gasteiger partial charge is 0.319 e. The van der Waals surface area contributed by atoms with Gasteiger partial charge in [0.15, 0.2) is 0 Å². The molecular weight excluding hydrogens is 306 g/mol. The average Bonchev–Trinajstić information content (AvgIpc) is 3.18. The minimum atomic E-state index is -0.732. The van der Waals surface area contributed by atoms with E-state index in [1.54, 1.807) is 12.1 Å².